The Hall–Kier alpha value is -1.16. The van der Waals surface area contributed by atoms with Crippen molar-refractivity contribution in [3.8, 4) is 0 Å². The third-order valence-electron chi connectivity index (χ3n) is 1.73. The summed E-state index contributed by atoms with van der Waals surface area (Å²) < 4.78 is 0. The topological polar surface area (TPSA) is 72.0 Å². The average molecular weight is 198 g/mol. The predicted molar refractivity (Wildman–Crippen MR) is 57.7 cm³/mol. The van der Waals surface area contributed by atoms with Crippen LogP contribution in [0.3, 0.4) is 0 Å². The van der Waals surface area contributed by atoms with E-state index >= 15 is 0 Å². The van der Waals surface area contributed by atoms with Gasteiger partial charge in [0.15, 0.2) is 5.79 Å². The van der Waals surface area contributed by atoms with Gasteiger partial charge in [-0.1, -0.05) is 37.3 Å². The Morgan fingerprint density at radius 1 is 1.14 bits per heavy atom. The summed E-state index contributed by atoms with van der Waals surface area (Å²) in [5.74, 6) is -1.67. The van der Waals surface area contributed by atoms with E-state index < -0.39 is 5.79 Å². The molecule has 0 amide bonds. The average Bonchev–Trinajstić information content (AvgIpc) is 2.22. The molecule has 0 aliphatic rings. The van der Waals surface area contributed by atoms with Crippen molar-refractivity contribution in [1.82, 2.24) is 0 Å². The number of rotatable bonds is 2. The molecule has 1 aromatic rings. The molecule has 0 radical (unpaired) electrons. The van der Waals surface area contributed by atoms with Crippen LogP contribution in [0.2, 0.25) is 0 Å². The Morgan fingerprint density at radius 2 is 1.57 bits per heavy atom. The van der Waals surface area contributed by atoms with Crippen molar-refractivity contribution in [2.45, 2.75) is 19.1 Å². The second-order valence-corrected chi connectivity index (χ2v) is 2.54. The fourth-order valence-corrected chi connectivity index (χ4v) is 0.909. The summed E-state index contributed by atoms with van der Waals surface area (Å²) in [6.45, 7) is 7.73. The highest BCUT2D eigenvalue weighted by Crippen LogP contribution is 2.20. The van der Waals surface area contributed by atoms with Crippen LogP contribution in [0, 0.1) is 0 Å². The highest BCUT2D eigenvalue weighted by atomic mass is 16.5. The monoisotopic (exact) mass is 198 g/mol. The van der Waals surface area contributed by atoms with Crippen LogP contribution in [0.4, 0.5) is 0 Å². The van der Waals surface area contributed by atoms with Crippen LogP contribution < -0.4 is 0 Å². The fourth-order valence-electron chi connectivity index (χ4n) is 0.909. The Labute approximate surface area is 84.6 Å². The number of aliphatic hydroxyl groups is 2. The summed E-state index contributed by atoms with van der Waals surface area (Å²) in [5, 5.41) is 18.7. The third kappa shape index (κ3) is 4.18. The Kier molecular flexibility index (Phi) is 7.95. The molecule has 0 spiro atoms. The first-order valence-corrected chi connectivity index (χ1v) is 4.17. The number of benzene rings is 1. The van der Waals surface area contributed by atoms with E-state index in [-0.39, 0.29) is 5.48 Å². The van der Waals surface area contributed by atoms with Crippen LogP contribution in [0.5, 0.6) is 0 Å². The van der Waals surface area contributed by atoms with Crippen molar-refractivity contribution in [3.63, 3.8) is 0 Å². The van der Waals surface area contributed by atoms with E-state index in [4.69, 9.17) is 0 Å². The molecule has 0 unspecified atom stereocenters. The number of hydrogen-bond acceptors (Lipinski definition) is 2. The summed E-state index contributed by atoms with van der Waals surface area (Å²) in [6.07, 6.45) is 0.303. The van der Waals surface area contributed by atoms with Crippen molar-refractivity contribution < 1.29 is 15.7 Å². The second kappa shape index (κ2) is 7.26. The summed E-state index contributed by atoms with van der Waals surface area (Å²) >= 11 is 0. The lowest BCUT2D eigenvalue weighted by Crippen LogP contribution is -2.23. The molecule has 0 saturated carbocycles. The maximum atomic E-state index is 9.35. The van der Waals surface area contributed by atoms with Gasteiger partial charge in [-0.15, -0.1) is 13.2 Å². The summed E-state index contributed by atoms with van der Waals surface area (Å²) in [5.41, 5.74) is 0.544. The lowest BCUT2D eigenvalue weighted by atomic mass is 10.0. The Bertz CT molecular complexity index is 232. The lowest BCUT2D eigenvalue weighted by molar-refractivity contribution is -0.171. The zero-order valence-corrected chi connectivity index (χ0v) is 8.40. The molecular formula is C11H18O3. The summed E-state index contributed by atoms with van der Waals surface area (Å²) in [7, 11) is 0. The van der Waals surface area contributed by atoms with Crippen molar-refractivity contribution in [3.05, 3.63) is 49.1 Å². The van der Waals surface area contributed by atoms with Gasteiger partial charge in [0.2, 0.25) is 0 Å². The molecule has 0 saturated heterocycles. The van der Waals surface area contributed by atoms with Crippen molar-refractivity contribution in [2.24, 2.45) is 0 Å². The van der Waals surface area contributed by atoms with Crippen molar-refractivity contribution in [1.29, 1.82) is 0 Å². The number of hydrogen-bond donors (Lipinski definition) is 2. The molecule has 1 aromatic carbocycles. The van der Waals surface area contributed by atoms with E-state index in [0.29, 0.717) is 12.0 Å². The van der Waals surface area contributed by atoms with Crippen LogP contribution in [0.1, 0.15) is 18.9 Å². The largest absolute Gasteiger partial charge is 0.412 e. The van der Waals surface area contributed by atoms with Gasteiger partial charge in [0, 0.05) is 12.0 Å². The molecule has 3 nitrogen and oxygen atoms in total. The first-order valence-electron chi connectivity index (χ1n) is 4.17. The predicted octanol–water partition coefficient (Wildman–Crippen LogP) is 1.21. The molecule has 80 valence electrons. The molecule has 0 aromatic heterocycles. The first kappa shape index (κ1) is 15.3. The molecule has 14 heavy (non-hydrogen) atoms. The zero-order valence-electron chi connectivity index (χ0n) is 8.40. The minimum Gasteiger partial charge on any atom is -0.412 e. The minimum absolute atomic E-state index is 0. The van der Waals surface area contributed by atoms with Gasteiger partial charge in [0.1, 0.15) is 0 Å². The van der Waals surface area contributed by atoms with Gasteiger partial charge in [-0.05, 0) is 0 Å². The normalized spacial score (nSPS) is 9.36. The Balaban J connectivity index is 0. The molecule has 0 aliphatic heterocycles. The van der Waals surface area contributed by atoms with E-state index in [1.54, 1.807) is 31.2 Å². The second-order valence-electron chi connectivity index (χ2n) is 2.54. The lowest BCUT2D eigenvalue weighted by Gasteiger charge is -2.19. The van der Waals surface area contributed by atoms with Gasteiger partial charge in [-0.2, -0.15) is 0 Å². The van der Waals surface area contributed by atoms with E-state index in [2.05, 4.69) is 13.2 Å². The maximum Gasteiger partial charge on any atom is 0.189 e. The zero-order chi connectivity index (χ0) is 10.3. The molecular weight excluding hydrogens is 180 g/mol. The first-order chi connectivity index (χ1) is 6.17. The highest BCUT2D eigenvalue weighted by molar-refractivity contribution is 5.19. The van der Waals surface area contributed by atoms with E-state index in [9.17, 15) is 10.2 Å². The van der Waals surface area contributed by atoms with Gasteiger partial charge < -0.3 is 15.7 Å². The molecule has 3 heteroatoms. The maximum absolute atomic E-state index is 9.35. The van der Waals surface area contributed by atoms with Gasteiger partial charge in [-0.3, -0.25) is 0 Å². The van der Waals surface area contributed by atoms with Crippen LogP contribution in [0.15, 0.2) is 43.5 Å². The molecule has 0 heterocycles. The van der Waals surface area contributed by atoms with Gasteiger partial charge in [0.25, 0.3) is 0 Å². The minimum atomic E-state index is -1.67. The molecule has 4 N–H and O–H groups in total. The van der Waals surface area contributed by atoms with Crippen molar-refractivity contribution >= 4 is 0 Å². The highest BCUT2D eigenvalue weighted by Gasteiger charge is 2.21. The molecule has 0 fully saturated rings. The van der Waals surface area contributed by atoms with Gasteiger partial charge in [-0.25, -0.2) is 0 Å². The third-order valence-corrected chi connectivity index (χ3v) is 1.73. The van der Waals surface area contributed by atoms with E-state index in [0.717, 1.165) is 0 Å². The molecule has 1 rings (SSSR count). The van der Waals surface area contributed by atoms with Crippen molar-refractivity contribution in [2.75, 3.05) is 0 Å². The van der Waals surface area contributed by atoms with E-state index in [1.807, 2.05) is 6.07 Å². The van der Waals surface area contributed by atoms with Gasteiger partial charge in [0.05, 0.1) is 0 Å². The van der Waals surface area contributed by atoms with Crippen LogP contribution in [-0.2, 0) is 5.79 Å². The standard InChI is InChI=1S/C9H12O2.C2H4.H2O/c1-2-9(10,11)8-6-4-3-5-7-8;1-2;/h3-7,10-11H,2H2,1H3;1-2H2;1H2. The van der Waals surface area contributed by atoms with Gasteiger partial charge >= 0.3 is 0 Å². The Morgan fingerprint density at radius 3 is 1.93 bits per heavy atom. The molecule has 0 bridgehead atoms. The van der Waals surface area contributed by atoms with Crippen LogP contribution in [0.25, 0.3) is 0 Å². The summed E-state index contributed by atoms with van der Waals surface area (Å²) in [6, 6.07) is 8.81. The summed E-state index contributed by atoms with van der Waals surface area (Å²) in [4.78, 5) is 0. The fraction of sp³-hybridized carbons (Fsp3) is 0.273. The molecule has 0 aliphatic carbocycles. The van der Waals surface area contributed by atoms with E-state index in [1.165, 1.54) is 0 Å². The van der Waals surface area contributed by atoms with Crippen LogP contribution in [-0.4, -0.2) is 15.7 Å². The van der Waals surface area contributed by atoms with Crippen LogP contribution >= 0.6 is 0 Å². The molecule has 0 atom stereocenters. The SMILES string of the molecule is C=C.CCC(O)(O)c1ccccc1.O. The smallest absolute Gasteiger partial charge is 0.189 e. The quantitative estimate of drug-likeness (QED) is 0.554.